The SMILES string of the molecule is C#Cc1ccc(-c2c[nH]c3cc(-c4c(C)noc4C)cnc23)cn1. The van der Waals surface area contributed by atoms with E-state index < -0.39 is 0 Å². The number of nitrogens with one attached hydrogen (secondary N) is 1. The van der Waals surface area contributed by atoms with E-state index in [1.54, 1.807) is 6.20 Å². The average molecular weight is 314 g/mol. The van der Waals surface area contributed by atoms with Gasteiger partial charge < -0.3 is 9.51 Å². The highest BCUT2D eigenvalue weighted by molar-refractivity contribution is 5.94. The Bertz CT molecular complexity index is 1060. The van der Waals surface area contributed by atoms with Crippen LogP contribution in [0, 0.1) is 26.2 Å². The highest BCUT2D eigenvalue weighted by Crippen LogP contribution is 2.31. The molecule has 0 saturated heterocycles. The number of hydrogen-bond acceptors (Lipinski definition) is 4. The van der Waals surface area contributed by atoms with Gasteiger partial charge in [-0.15, -0.1) is 6.42 Å². The molecule has 0 unspecified atom stereocenters. The summed E-state index contributed by atoms with van der Waals surface area (Å²) in [5.74, 6) is 3.31. The van der Waals surface area contributed by atoms with Gasteiger partial charge in [0.2, 0.25) is 0 Å². The van der Waals surface area contributed by atoms with Crippen LogP contribution in [0.25, 0.3) is 33.3 Å². The van der Waals surface area contributed by atoms with Crippen LogP contribution in [0.15, 0.2) is 41.3 Å². The Morgan fingerprint density at radius 3 is 2.62 bits per heavy atom. The average Bonchev–Trinajstić information content (AvgIpc) is 3.17. The van der Waals surface area contributed by atoms with Crippen molar-refractivity contribution in [3.8, 4) is 34.6 Å². The Morgan fingerprint density at radius 2 is 1.96 bits per heavy atom. The lowest BCUT2D eigenvalue weighted by Crippen LogP contribution is -1.86. The summed E-state index contributed by atoms with van der Waals surface area (Å²) < 4.78 is 5.25. The van der Waals surface area contributed by atoms with Gasteiger partial charge in [0.1, 0.15) is 11.5 Å². The fourth-order valence-corrected chi connectivity index (χ4v) is 2.90. The monoisotopic (exact) mass is 314 g/mol. The predicted octanol–water partition coefficient (Wildman–Crippen LogP) is 3.88. The van der Waals surface area contributed by atoms with E-state index >= 15 is 0 Å². The number of pyridine rings is 2. The lowest BCUT2D eigenvalue weighted by molar-refractivity contribution is 0.393. The smallest absolute Gasteiger partial charge is 0.141 e. The number of aryl methyl sites for hydroxylation is 2. The van der Waals surface area contributed by atoms with Crippen molar-refractivity contribution in [1.82, 2.24) is 20.1 Å². The van der Waals surface area contributed by atoms with E-state index in [-0.39, 0.29) is 0 Å². The van der Waals surface area contributed by atoms with Crippen molar-refractivity contribution in [3.63, 3.8) is 0 Å². The Kier molecular flexibility index (Phi) is 3.17. The van der Waals surface area contributed by atoms with E-state index in [1.165, 1.54) is 0 Å². The lowest BCUT2D eigenvalue weighted by Gasteiger charge is -2.02. The molecule has 116 valence electrons. The van der Waals surface area contributed by atoms with Gasteiger partial charge >= 0.3 is 0 Å². The molecule has 0 amide bonds. The normalized spacial score (nSPS) is 10.9. The number of rotatable bonds is 2. The van der Waals surface area contributed by atoms with Crippen molar-refractivity contribution in [2.24, 2.45) is 0 Å². The summed E-state index contributed by atoms with van der Waals surface area (Å²) >= 11 is 0. The topological polar surface area (TPSA) is 67.6 Å². The van der Waals surface area contributed by atoms with Crippen molar-refractivity contribution in [1.29, 1.82) is 0 Å². The molecule has 5 heteroatoms. The molecule has 4 rings (SSSR count). The molecule has 0 spiro atoms. The predicted molar refractivity (Wildman–Crippen MR) is 92.2 cm³/mol. The van der Waals surface area contributed by atoms with Gasteiger partial charge in [-0.25, -0.2) is 4.98 Å². The summed E-state index contributed by atoms with van der Waals surface area (Å²) in [6, 6.07) is 5.84. The van der Waals surface area contributed by atoms with Crippen molar-refractivity contribution in [2.75, 3.05) is 0 Å². The van der Waals surface area contributed by atoms with Crippen LogP contribution < -0.4 is 0 Å². The summed E-state index contributed by atoms with van der Waals surface area (Å²) in [6.07, 6.45) is 10.9. The number of fused-ring (bicyclic) bond motifs is 1. The van der Waals surface area contributed by atoms with Crippen LogP contribution in [-0.4, -0.2) is 20.1 Å². The van der Waals surface area contributed by atoms with Crippen LogP contribution in [0.1, 0.15) is 17.1 Å². The zero-order valence-electron chi connectivity index (χ0n) is 13.3. The second-order valence-corrected chi connectivity index (χ2v) is 5.60. The van der Waals surface area contributed by atoms with Gasteiger partial charge in [0.25, 0.3) is 0 Å². The molecule has 0 aromatic carbocycles. The maximum atomic E-state index is 5.35. The molecule has 0 saturated carbocycles. The minimum absolute atomic E-state index is 0.618. The molecule has 1 N–H and O–H groups in total. The van der Waals surface area contributed by atoms with Crippen LogP contribution in [0.4, 0.5) is 0 Å². The molecule has 0 aliphatic carbocycles. The molecule has 0 fully saturated rings. The lowest BCUT2D eigenvalue weighted by atomic mass is 10.0. The molecule has 4 heterocycles. The number of terminal acetylenes is 1. The maximum Gasteiger partial charge on any atom is 0.141 e. The van der Waals surface area contributed by atoms with Crippen molar-refractivity contribution < 1.29 is 4.52 Å². The number of hydrogen-bond donors (Lipinski definition) is 1. The van der Waals surface area contributed by atoms with Crippen LogP contribution in [-0.2, 0) is 0 Å². The Balaban J connectivity index is 1.82. The first-order chi connectivity index (χ1) is 11.7. The zero-order chi connectivity index (χ0) is 16.7. The molecule has 0 atom stereocenters. The van der Waals surface area contributed by atoms with Crippen LogP contribution in [0.3, 0.4) is 0 Å². The zero-order valence-corrected chi connectivity index (χ0v) is 13.3. The number of H-pyrrole nitrogens is 1. The van der Waals surface area contributed by atoms with Gasteiger partial charge in [0.05, 0.1) is 16.7 Å². The second kappa shape index (κ2) is 5.36. The minimum Gasteiger partial charge on any atom is -0.361 e. The summed E-state index contributed by atoms with van der Waals surface area (Å²) in [6.45, 7) is 3.83. The van der Waals surface area contributed by atoms with E-state index in [0.717, 1.165) is 44.7 Å². The first kappa shape index (κ1) is 14.2. The van der Waals surface area contributed by atoms with Crippen molar-refractivity contribution >= 4 is 11.0 Å². The molecule has 0 bridgehead atoms. The molecular formula is C19H14N4O. The van der Waals surface area contributed by atoms with Crippen LogP contribution >= 0.6 is 0 Å². The van der Waals surface area contributed by atoms with Gasteiger partial charge in [0.15, 0.2) is 0 Å². The fourth-order valence-electron chi connectivity index (χ4n) is 2.90. The van der Waals surface area contributed by atoms with Crippen molar-refractivity contribution in [3.05, 3.63) is 53.9 Å². The van der Waals surface area contributed by atoms with E-state index in [9.17, 15) is 0 Å². The molecule has 4 aromatic heterocycles. The summed E-state index contributed by atoms with van der Waals surface area (Å²) in [7, 11) is 0. The minimum atomic E-state index is 0.618. The van der Waals surface area contributed by atoms with E-state index in [4.69, 9.17) is 10.9 Å². The third-order valence-electron chi connectivity index (χ3n) is 4.06. The summed E-state index contributed by atoms with van der Waals surface area (Å²) in [5.41, 5.74) is 7.24. The van der Waals surface area contributed by atoms with Gasteiger partial charge in [-0.1, -0.05) is 11.1 Å². The van der Waals surface area contributed by atoms with Gasteiger partial charge in [-0.2, -0.15) is 0 Å². The third-order valence-corrected chi connectivity index (χ3v) is 4.06. The van der Waals surface area contributed by atoms with Crippen LogP contribution in [0.2, 0.25) is 0 Å². The molecule has 0 aliphatic heterocycles. The van der Waals surface area contributed by atoms with Gasteiger partial charge in [-0.3, -0.25) is 4.98 Å². The number of aromatic nitrogens is 4. The highest BCUT2D eigenvalue weighted by Gasteiger charge is 2.14. The Labute approximate surface area is 138 Å². The fraction of sp³-hybridized carbons (Fsp3) is 0.105. The molecule has 0 aliphatic rings. The summed E-state index contributed by atoms with van der Waals surface area (Å²) in [4.78, 5) is 12.1. The summed E-state index contributed by atoms with van der Waals surface area (Å²) in [5, 5.41) is 4.00. The maximum absolute atomic E-state index is 5.35. The molecule has 5 nitrogen and oxygen atoms in total. The molecule has 4 aromatic rings. The molecular weight excluding hydrogens is 300 g/mol. The molecule has 24 heavy (non-hydrogen) atoms. The van der Waals surface area contributed by atoms with E-state index in [1.807, 2.05) is 38.4 Å². The third kappa shape index (κ3) is 2.17. The first-order valence-electron chi connectivity index (χ1n) is 7.51. The van der Waals surface area contributed by atoms with E-state index in [2.05, 4.69) is 32.1 Å². The Morgan fingerprint density at radius 1 is 1.12 bits per heavy atom. The standard InChI is InChI=1S/C19H14N4O/c1-4-15-6-5-13(8-20-15)16-10-21-17-7-14(9-22-19(16)17)18-11(2)23-24-12(18)3/h1,5-10,21H,2-3H3. The van der Waals surface area contributed by atoms with Crippen molar-refractivity contribution in [2.45, 2.75) is 13.8 Å². The number of aromatic amines is 1. The largest absolute Gasteiger partial charge is 0.361 e. The van der Waals surface area contributed by atoms with Crippen LogP contribution in [0.5, 0.6) is 0 Å². The number of nitrogens with zero attached hydrogens (tertiary/aromatic N) is 3. The molecule has 0 radical (unpaired) electrons. The van der Waals surface area contributed by atoms with Gasteiger partial charge in [-0.05, 0) is 32.0 Å². The van der Waals surface area contributed by atoms with E-state index in [0.29, 0.717) is 5.69 Å². The Hall–Kier alpha value is -3.39. The van der Waals surface area contributed by atoms with Gasteiger partial charge in [0, 0.05) is 40.8 Å². The first-order valence-corrected chi connectivity index (χ1v) is 7.51. The second-order valence-electron chi connectivity index (χ2n) is 5.60. The quantitative estimate of drug-likeness (QED) is 0.570. The highest BCUT2D eigenvalue weighted by atomic mass is 16.5.